The number of nitrogens with zero attached hydrogens (tertiary/aromatic N) is 2. The Hall–Kier alpha value is -2.05. The van der Waals surface area contributed by atoms with Gasteiger partial charge in [-0.3, -0.25) is 4.79 Å². The molecule has 2 N–H and O–H groups in total. The summed E-state index contributed by atoms with van der Waals surface area (Å²) in [4.78, 5) is 14.1. The molecular formula is C21H32ClN3O3. The van der Waals surface area contributed by atoms with Crippen LogP contribution < -0.4 is 10.5 Å². The van der Waals surface area contributed by atoms with Crippen LogP contribution in [-0.4, -0.2) is 35.6 Å². The van der Waals surface area contributed by atoms with Gasteiger partial charge in [0, 0.05) is 19.6 Å². The third-order valence-electron chi connectivity index (χ3n) is 4.92. The number of carbonyl (C=O) groups excluding carboxylic acids is 1. The first-order chi connectivity index (χ1) is 12.8. The number of halogens is 1. The molecule has 0 spiro atoms. The lowest BCUT2D eigenvalue weighted by Gasteiger charge is -2.21. The van der Waals surface area contributed by atoms with Crippen molar-refractivity contribution in [1.82, 2.24) is 10.1 Å². The van der Waals surface area contributed by atoms with Gasteiger partial charge in [0.1, 0.15) is 18.1 Å². The molecule has 1 atom stereocenters. The van der Waals surface area contributed by atoms with E-state index in [9.17, 15) is 4.79 Å². The van der Waals surface area contributed by atoms with Crippen molar-refractivity contribution in [2.75, 3.05) is 13.6 Å². The second kappa shape index (κ2) is 11.1. The topological polar surface area (TPSA) is 81.6 Å². The largest absolute Gasteiger partial charge is 0.489 e. The monoisotopic (exact) mass is 409 g/mol. The van der Waals surface area contributed by atoms with Gasteiger partial charge in [0.05, 0.1) is 17.7 Å². The number of likely N-dealkylation sites (N-methyl/N-ethyl adjacent to an activating group) is 1. The highest BCUT2D eigenvalue weighted by Crippen LogP contribution is 2.18. The van der Waals surface area contributed by atoms with E-state index in [0.29, 0.717) is 25.5 Å². The Morgan fingerprint density at radius 2 is 1.89 bits per heavy atom. The highest BCUT2D eigenvalue weighted by atomic mass is 35.5. The van der Waals surface area contributed by atoms with Crippen molar-refractivity contribution in [3.05, 3.63) is 46.8 Å². The highest BCUT2D eigenvalue weighted by Gasteiger charge is 2.14. The number of aryl methyl sites for hydroxylation is 2. The molecule has 1 unspecified atom stereocenters. The molecule has 0 radical (unpaired) electrons. The van der Waals surface area contributed by atoms with Crippen LogP contribution in [0.1, 0.15) is 42.8 Å². The van der Waals surface area contributed by atoms with Crippen molar-refractivity contribution in [1.29, 1.82) is 0 Å². The molecule has 1 aromatic carbocycles. The number of nitrogens with two attached hydrogens (primary N) is 1. The fourth-order valence-corrected chi connectivity index (χ4v) is 2.68. The average molecular weight is 410 g/mol. The minimum atomic E-state index is 0. The van der Waals surface area contributed by atoms with E-state index in [-0.39, 0.29) is 24.4 Å². The van der Waals surface area contributed by atoms with Crippen LogP contribution in [0.2, 0.25) is 0 Å². The zero-order valence-corrected chi connectivity index (χ0v) is 18.2. The van der Waals surface area contributed by atoms with Crippen LogP contribution in [0.5, 0.6) is 5.75 Å². The highest BCUT2D eigenvalue weighted by molar-refractivity contribution is 5.85. The summed E-state index contributed by atoms with van der Waals surface area (Å²) in [6, 6.07) is 7.74. The molecule has 7 heteroatoms. The average Bonchev–Trinajstić information content (AvgIpc) is 2.96. The van der Waals surface area contributed by atoms with E-state index in [1.807, 2.05) is 45.2 Å². The van der Waals surface area contributed by atoms with E-state index < -0.39 is 0 Å². The normalized spacial score (nSPS) is 11.8. The molecule has 2 aromatic rings. The summed E-state index contributed by atoms with van der Waals surface area (Å²) in [7, 11) is 1.83. The van der Waals surface area contributed by atoms with E-state index in [1.54, 1.807) is 4.90 Å². The molecule has 0 aliphatic heterocycles. The summed E-state index contributed by atoms with van der Waals surface area (Å²) in [5.74, 6) is 2.04. The predicted octanol–water partition coefficient (Wildman–Crippen LogP) is 3.67. The molecule has 1 aromatic heterocycles. The maximum Gasteiger partial charge on any atom is 0.226 e. The Bertz CT molecular complexity index is 724. The Morgan fingerprint density at radius 1 is 1.25 bits per heavy atom. The third-order valence-corrected chi connectivity index (χ3v) is 4.92. The van der Waals surface area contributed by atoms with Gasteiger partial charge < -0.3 is 19.9 Å². The summed E-state index contributed by atoms with van der Waals surface area (Å²) in [6.45, 7) is 9.06. The van der Waals surface area contributed by atoms with Crippen molar-refractivity contribution in [3.8, 4) is 5.75 Å². The number of hydrogen-bond donors (Lipinski definition) is 1. The fraction of sp³-hybridized carbons (Fsp3) is 0.524. The summed E-state index contributed by atoms with van der Waals surface area (Å²) < 4.78 is 10.9. The van der Waals surface area contributed by atoms with Gasteiger partial charge in [-0.2, -0.15) is 0 Å². The molecule has 0 bridgehead atoms. The molecule has 0 saturated carbocycles. The van der Waals surface area contributed by atoms with Crippen molar-refractivity contribution in [2.45, 2.75) is 53.2 Å². The van der Waals surface area contributed by atoms with Gasteiger partial charge in [0.2, 0.25) is 5.91 Å². The van der Waals surface area contributed by atoms with Crippen LogP contribution in [-0.2, 0) is 17.8 Å². The van der Waals surface area contributed by atoms with Crippen molar-refractivity contribution < 1.29 is 14.1 Å². The number of hydrogen-bond acceptors (Lipinski definition) is 5. The zero-order chi connectivity index (χ0) is 20.0. The minimum absolute atomic E-state index is 0. The molecule has 0 aliphatic rings. The van der Waals surface area contributed by atoms with Gasteiger partial charge in [0.25, 0.3) is 0 Å². The lowest BCUT2D eigenvalue weighted by atomic mass is 10.0. The van der Waals surface area contributed by atoms with Gasteiger partial charge in [-0.15, -0.1) is 12.4 Å². The first-order valence-electron chi connectivity index (χ1n) is 9.41. The number of aromatic nitrogens is 1. The first kappa shape index (κ1) is 24.0. The molecule has 2 rings (SSSR count). The molecule has 0 saturated heterocycles. The van der Waals surface area contributed by atoms with Crippen LogP contribution in [0.3, 0.4) is 0 Å². The summed E-state index contributed by atoms with van der Waals surface area (Å²) >= 11 is 0. The Balaban J connectivity index is 0.00000392. The van der Waals surface area contributed by atoms with Gasteiger partial charge in [0.15, 0.2) is 0 Å². The van der Waals surface area contributed by atoms with E-state index >= 15 is 0 Å². The maximum absolute atomic E-state index is 12.4. The molecule has 1 heterocycles. The van der Waals surface area contributed by atoms with Crippen LogP contribution in [0.15, 0.2) is 28.8 Å². The van der Waals surface area contributed by atoms with Crippen LogP contribution in [0, 0.1) is 19.8 Å². The van der Waals surface area contributed by atoms with Crippen molar-refractivity contribution >= 4 is 18.3 Å². The van der Waals surface area contributed by atoms with Gasteiger partial charge in [-0.25, -0.2) is 0 Å². The van der Waals surface area contributed by atoms with Gasteiger partial charge >= 0.3 is 0 Å². The predicted molar refractivity (Wildman–Crippen MR) is 113 cm³/mol. The molecule has 1 amide bonds. The van der Waals surface area contributed by atoms with E-state index in [2.05, 4.69) is 19.0 Å². The lowest BCUT2D eigenvalue weighted by molar-refractivity contribution is -0.129. The molecule has 28 heavy (non-hydrogen) atoms. The van der Waals surface area contributed by atoms with Gasteiger partial charge in [-0.05, 0) is 43.9 Å². The Labute approximate surface area is 173 Å². The van der Waals surface area contributed by atoms with Crippen LogP contribution >= 0.6 is 12.4 Å². The number of benzene rings is 1. The summed E-state index contributed by atoms with van der Waals surface area (Å²) in [5.41, 5.74) is 8.83. The maximum atomic E-state index is 12.4. The quantitative estimate of drug-likeness (QED) is 0.683. The first-order valence-corrected chi connectivity index (χ1v) is 9.41. The van der Waals surface area contributed by atoms with Crippen LogP contribution in [0.25, 0.3) is 0 Å². The SMILES string of the molecule is Cc1noc(C)c1COc1ccc(CC(=O)N(C)CCC(N)C(C)C)cc1.Cl. The second-order valence-electron chi connectivity index (χ2n) is 7.42. The van der Waals surface area contributed by atoms with Crippen molar-refractivity contribution in [3.63, 3.8) is 0 Å². The van der Waals surface area contributed by atoms with Crippen molar-refractivity contribution in [2.24, 2.45) is 11.7 Å². The summed E-state index contributed by atoms with van der Waals surface area (Å²) in [6.07, 6.45) is 1.19. The number of amides is 1. The smallest absolute Gasteiger partial charge is 0.226 e. The lowest BCUT2D eigenvalue weighted by Crippen LogP contribution is -2.35. The van der Waals surface area contributed by atoms with Gasteiger partial charge in [-0.1, -0.05) is 31.1 Å². The zero-order valence-electron chi connectivity index (χ0n) is 17.4. The van der Waals surface area contributed by atoms with E-state index in [1.165, 1.54) is 0 Å². The standard InChI is InChI=1S/C21H31N3O3.ClH/c1-14(2)20(22)10-11-24(5)21(25)12-17-6-8-18(9-7-17)26-13-19-15(3)23-27-16(19)4;/h6-9,14,20H,10-13,22H2,1-5H3;1H. The van der Waals surface area contributed by atoms with E-state index in [0.717, 1.165) is 34.8 Å². The third kappa shape index (κ3) is 6.84. The molecular weight excluding hydrogens is 378 g/mol. The minimum Gasteiger partial charge on any atom is -0.489 e. The second-order valence-corrected chi connectivity index (χ2v) is 7.42. The fourth-order valence-electron chi connectivity index (χ4n) is 2.68. The molecule has 156 valence electrons. The van der Waals surface area contributed by atoms with E-state index in [4.69, 9.17) is 15.0 Å². The number of rotatable bonds is 9. The summed E-state index contributed by atoms with van der Waals surface area (Å²) in [5, 5.41) is 3.92. The Kier molecular flexibility index (Phi) is 9.49. The molecule has 0 fully saturated rings. The Morgan fingerprint density at radius 3 is 2.43 bits per heavy atom. The number of ether oxygens (including phenoxy) is 1. The molecule has 0 aliphatic carbocycles. The molecule has 6 nitrogen and oxygen atoms in total. The number of carbonyl (C=O) groups is 1. The van der Waals surface area contributed by atoms with Crippen LogP contribution in [0.4, 0.5) is 0 Å².